The van der Waals surface area contributed by atoms with Gasteiger partial charge < -0.3 is 9.47 Å². The fourth-order valence-electron chi connectivity index (χ4n) is 1.23. The molecular formula is C7H12N2O4. The van der Waals surface area contributed by atoms with Crippen LogP contribution in [0.2, 0.25) is 0 Å². The zero-order valence-corrected chi connectivity index (χ0v) is 7.36. The first-order chi connectivity index (χ1) is 6.15. The Labute approximate surface area is 75.5 Å². The van der Waals surface area contributed by atoms with Crippen LogP contribution in [0.25, 0.3) is 0 Å². The zero-order chi connectivity index (χ0) is 9.84. The van der Waals surface area contributed by atoms with Crippen LogP contribution < -0.4 is 5.84 Å². The lowest BCUT2D eigenvalue weighted by Gasteiger charge is -2.15. The fourth-order valence-corrected chi connectivity index (χ4v) is 1.23. The lowest BCUT2D eigenvalue weighted by Crippen LogP contribution is -2.42. The molecule has 0 aliphatic carbocycles. The van der Waals surface area contributed by atoms with Crippen molar-refractivity contribution < 1.29 is 19.1 Å². The fraction of sp³-hybridized carbons (Fsp3) is 0.714. The van der Waals surface area contributed by atoms with Crippen LogP contribution in [0.4, 0.5) is 4.79 Å². The molecule has 1 fully saturated rings. The third kappa shape index (κ3) is 2.40. The molecule has 1 aliphatic rings. The van der Waals surface area contributed by atoms with Gasteiger partial charge in [0.15, 0.2) is 0 Å². The molecule has 0 aromatic rings. The highest BCUT2D eigenvalue weighted by Crippen LogP contribution is 2.14. The molecule has 6 nitrogen and oxygen atoms in total. The first-order valence-electron chi connectivity index (χ1n) is 3.96. The second-order valence-electron chi connectivity index (χ2n) is 2.77. The van der Waals surface area contributed by atoms with Gasteiger partial charge in [-0.15, -0.1) is 0 Å². The van der Waals surface area contributed by atoms with Crippen LogP contribution in [0, 0.1) is 0 Å². The molecule has 0 amide bonds. The van der Waals surface area contributed by atoms with Crippen molar-refractivity contribution in [2.45, 2.75) is 18.9 Å². The Balaban J connectivity index is 2.43. The number of ether oxygens (including phenoxy) is 2. The van der Waals surface area contributed by atoms with Gasteiger partial charge in [-0.3, -0.25) is 5.84 Å². The summed E-state index contributed by atoms with van der Waals surface area (Å²) < 4.78 is 8.51. The molecule has 6 heteroatoms. The van der Waals surface area contributed by atoms with Crippen molar-refractivity contribution in [2.75, 3.05) is 13.7 Å². The van der Waals surface area contributed by atoms with Gasteiger partial charge >= 0.3 is 12.1 Å². The van der Waals surface area contributed by atoms with E-state index in [1.165, 1.54) is 5.01 Å². The second-order valence-corrected chi connectivity index (χ2v) is 2.77. The molecule has 0 bridgehead atoms. The molecule has 1 rings (SSSR count). The van der Waals surface area contributed by atoms with Crippen LogP contribution in [0.1, 0.15) is 12.8 Å². The maximum absolute atomic E-state index is 11.2. The Morgan fingerprint density at radius 1 is 1.54 bits per heavy atom. The maximum atomic E-state index is 11.2. The minimum Gasteiger partial charge on any atom is -0.437 e. The van der Waals surface area contributed by atoms with Gasteiger partial charge in [0, 0.05) is 6.54 Å². The minimum absolute atomic E-state index is 0.515. The maximum Gasteiger partial charge on any atom is 0.515 e. The molecular weight excluding hydrogens is 176 g/mol. The van der Waals surface area contributed by atoms with E-state index in [9.17, 15) is 9.59 Å². The first-order valence-corrected chi connectivity index (χ1v) is 3.96. The quantitative estimate of drug-likeness (QED) is 0.343. The molecule has 0 radical (unpaired) electrons. The second kappa shape index (κ2) is 4.20. The molecule has 0 spiro atoms. The van der Waals surface area contributed by atoms with E-state index < -0.39 is 18.2 Å². The minimum atomic E-state index is -0.995. The number of rotatable bonds is 1. The Morgan fingerprint density at radius 2 is 2.23 bits per heavy atom. The van der Waals surface area contributed by atoms with Crippen molar-refractivity contribution in [3.05, 3.63) is 0 Å². The summed E-state index contributed by atoms with van der Waals surface area (Å²) in [5, 5.41) is 1.37. The average molecular weight is 188 g/mol. The summed E-state index contributed by atoms with van der Waals surface area (Å²) in [5.41, 5.74) is 0. The third-order valence-corrected chi connectivity index (χ3v) is 1.92. The van der Waals surface area contributed by atoms with Crippen molar-refractivity contribution in [3.8, 4) is 0 Å². The predicted molar refractivity (Wildman–Crippen MR) is 42.4 cm³/mol. The number of carbonyl (C=O) groups is 2. The molecule has 1 unspecified atom stereocenters. The number of methoxy groups -OCH3 is 1. The molecule has 0 aromatic carbocycles. The Morgan fingerprint density at radius 3 is 2.69 bits per heavy atom. The number of hydrazine groups is 1. The highest BCUT2D eigenvalue weighted by Gasteiger charge is 2.31. The van der Waals surface area contributed by atoms with Crippen molar-refractivity contribution in [1.82, 2.24) is 5.01 Å². The number of hydrogen-bond donors (Lipinski definition) is 1. The van der Waals surface area contributed by atoms with E-state index in [2.05, 4.69) is 9.47 Å². The van der Waals surface area contributed by atoms with E-state index in [-0.39, 0.29) is 0 Å². The Kier molecular flexibility index (Phi) is 3.21. The highest BCUT2D eigenvalue weighted by molar-refractivity contribution is 5.85. The lowest BCUT2D eigenvalue weighted by atomic mass is 10.2. The molecule has 0 aromatic heterocycles. The van der Waals surface area contributed by atoms with Gasteiger partial charge in [-0.25, -0.2) is 14.6 Å². The van der Waals surface area contributed by atoms with Gasteiger partial charge in [-0.1, -0.05) is 0 Å². The third-order valence-electron chi connectivity index (χ3n) is 1.92. The summed E-state index contributed by atoms with van der Waals surface area (Å²) in [6.07, 6.45) is 0.453. The van der Waals surface area contributed by atoms with Crippen LogP contribution in [-0.4, -0.2) is 36.8 Å². The summed E-state index contributed by atoms with van der Waals surface area (Å²) in [6.45, 7) is 0.640. The van der Waals surface area contributed by atoms with Gasteiger partial charge in [0.05, 0.1) is 7.11 Å². The molecule has 13 heavy (non-hydrogen) atoms. The van der Waals surface area contributed by atoms with E-state index in [1.807, 2.05) is 0 Å². The molecule has 1 saturated heterocycles. The molecule has 1 heterocycles. The first kappa shape index (κ1) is 9.94. The highest BCUT2D eigenvalue weighted by atomic mass is 16.7. The summed E-state index contributed by atoms with van der Waals surface area (Å²) >= 11 is 0. The van der Waals surface area contributed by atoms with Crippen LogP contribution in [0.15, 0.2) is 0 Å². The molecule has 2 N–H and O–H groups in total. The lowest BCUT2D eigenvalue weighted by molar-refractivity contribution is -0.144. The van der Waals surface area contributed by atoms with Crippen molar-refractivity contribution in [3.63, 3.8) is 0 Å². The van der Waals surface area contributed by atoms with E-state index in [1.54, 1.807) is 0 Å². The zero-order valence-electron chi connectivity index (χ0n) is 7.36. The van der Waals surface area contributed by atoms with E-state index in [0.717, 1.165) is 13.5 Å². The van der Waals surface area contributed by atoms with Gasteiger partial charge in [0.1, 0.15) is 6.04 Å². The SMILES string of the molecule is COC(=O)OC(=O)C1CCCN1N. The number of esters is 1. The van der Waals surface area contributed by atoms with Crippen molar-refractivity contribution >= 4 is 12.1 Å². The van der Waals surface area contributed by atoms with Gasteiger partial charge in [-0.05, 0) is 12.8 Å². The van der Waals surface area contributed by atoms with Crippen LogP contribution in [-0.2, 0) is 14.3 Å². The van der Waals surface area contributed by atoms with Crippen LogP contribution >= 0.6 is 0 Å². The Hall–Kier alpha value is -1.14. The number of nitrogens with two attached hydrogens (primary N) is 1. The summed E-state index contributed by atoms with van der Waals surface area (Å²) in [7, 11) is 1.14. The summed E-state index contributed by atoms with van der Waals surface area (Å²) in [6, 6.07) is -0.515. The molecule has 1 atom stereocenters. The van der Waals surface area contributed by atoms with E-state index in [4.69, 9.17) is 5.84 Å². The van der Waals surface area contributed by atoms with Gasteiger partial charge in [0.2, 0.25) is 0 Å². The van der Waals surface area contributed by atoms with Gasteiger partial charge in [0.25, 0.3) is 0 Å². The van der Waals surface area contributed by atoms with E-state index in [0.29, 0.717) is 13.0 Å². The average Bonchev–Trinajstić information content (AvgIpc) is 2.51. The Bertz CT molecular complexity index is 219. The van der Waals surface area contributed by atoms with Gasteiger partial charge in [-0.2, -0.15) is 0 Å². The normalized spacial score (nSPS) is 22.8. The van der Waals surface area contributed by atoms with Crippen molar-refractivity contribution in [2.24, 2.45) is 5.84 Å². The molecule has 0 saturated carbocycles. The smallest absolute Gasteiger partial charge is 0.437 e. The monoisotopic (exact) mass is 188 g/mol. The largest absolute Gasteiger partial charge is 0.515 e. The van der Waals surface area contributed by atoms with Crippen LogP contribution in [0.3, 0.4) is 0 Å². The number of carbonyl (C=O) groups excluding carboxylic acids is 2. The van der Waals surface area contributed by atoms with E-state index >= 15 is 0 Å². The standard InChI is InChI=1S/C7H12N2O4/c1-12-7(11)13-6(10)5-3-2-4-9(5)8/h5H,2-4,8H2,1H3. The molecule has 74 valence electrons. The summed E-state index contributed by atoms with van der Waals surface area (Å²) in [4.78, 5) is 21.7. The number of nitrogens with zero attached hydrogens (tertiary/aromatic N) is 1. The summed E-state index contributed by atoms with van der Waals surface area (Å²) in [5.74, 6) is 4.83. The molecule has 1 aliphatic heterocycles. The van der Waals surface area contributed by atoms with Crippen LogP contribution in [0.5, 0.6) is 0 Å². The van der Waals surface area contributed by atoms with Crippen molar-refractivity contribution in [1.29, 1.82) is 0 Å². The number of hydrogen-bond acceptors (Lipinski definition) is 6. The topological polar surface area (TPSA) is 81.9 Å². The predicted octanol–water partition coefficient (Wildman–Crippen LogP) is -0.366.